The summed E-state index contributed by atoms with van der Waals surface area (Å²) < 4.78 is 9.91. The number of hydrogen-bond acceptors (Lipinski definition) is 4. The predicted molar refractivity (Wildman–Crippen MR) is 72.1 cm³/mol. The third-order valence-corrected chi connectivity index (χ3v) is 2.55. The first-order valence-corrected chi connectivity index (χ1v) is 6.19. The average molecular weight is 265 g/mol. The van der Waals surface area contributed by atoms with Crippen molar-refractivity contribution in [2.24, 2.45) is 0 Å². The van der Waals surface area contributed by atoms with Crippen molar-refractivity contribution in [3.63, 3.8) is 0 Å². The van der Waals surface area contributed by atoms with Gasteiger partial charge < -0.3 is 14.8 Å². The standard InChI is InChI=1S/C14H19NO4/c1-4-9-19-14(17)11-5-7-12(8-6-11)15-13(16)10(2)18-3/h5-8,10H,4,9H2,1-3H3,(H,15,16). The molecule has 1 aromatic rings. The SMILES string of the molecule is CCCOC(=O)c1ccc(NC(=O)C(C)OC)cc1. The lowest BCUT2D eigenvalue weighted by atomic mass is 10.2. The molecule has 19 heavy (non-hydrogen) atoms. The van der Waals surface area contributed by atoms with Crippen LogP contribution in [0, 0.1) is 0 Å². The number of ether oxygens (including phenoxy) is 2. The molecule has 1 atom stereocenters. The summed E-state index contributed by atoms with van der Waals surface area (Å²) in [5, 5.41) is 2.69. The zero-order chi connectivity index (χ0) is 14.3. The zero-order valence-electron chi connectivity index (χ0n) is 11.4. The maximum Gasteiger partial charge on any atom is 0.338 e. The molecule has 5 nitrogen and oxygen atoms in total. The third-order valence-electron chi connectivity index (χ3n) is 2.55. The van der Waals surface area contributed by atoms with E-state index in [9.17, 15) is 9.59 Å². The van der Waals surface area contributed by atoms with Gasteiger partial charge in [0.05, 0.1) is 12.2 Å². The lowest BCUT2D eigenvalue weighted by molar-refractivity contribution is -0.124. The van der Waals surface area contributed by atoms with E-state index in [1.54, 1.807) is 31.2 Å². The predicted octanol–water partition coefficient (Wildman–Crippen LogP) is 2.23. The first-order chi connectivity index (χ1) is 9.08. The number of amides is 1. The molecule has 104 valence electrons. The van der Waals surface area contributed by atoms with E-state index in [-0.39, 0.29) is 11.9 Å². The summed E-state index contributed by atoms with van der Waals surface area (Å²) in [5.41, 5.74) is 1.08. The summed E-state index contributed by atoms with van der Waals surface area (Å²) in [6, 6.07) is 6.54. The van der Waals surface area contributed by atoms with Crippen molar-refractivity contribution >= 4 is 17.6 Å². The summed E-state index contributed by atoms with van der Waals surface area (Å²) in [5.74, 6) is -0.589. The summed E-state index contributed by atoms with van der Waals surface area (Å²) in [4.78, 5) is 23.1. The van der Waals surface area contributed by atoms with Crippen LogP contribution in [0.2, 0.25) is 0 Å². The Kier molecular flexibility index (Phi) is 6.02. The molecule has 1 unspecified atom stereocenters. The topological polar surface area (TPSA) is 64.6 Å². The minimum Gasteiger partial charge on any atom is -0.462 e. The molecule has 0 aromatic heterocycles. The Morgan fingerprint density at radius 2 is 1.89 bits per heavy atom. The largest absolute Gasteiger partial charge is 0.462 e. The Morgan fingerprint density at radius 1 is 1.26 bits per heavy atom. The van der Waals surface area contributed by atoms with Crippen molar-refractivity contribution in [2.45, 2.75) is 26.4 Å². The smallest absolute Gasteiger partial charge is 0.338 e. The van der Waals surface area contributed by atoms with Crippen LogP contribution in [0.4, 0.5) is 5.69 Å². The van der Waals surface area contributed by atoms with Crippen LogP contribution in [0.5, 0.6) is 0 Å². The van der Waals surface area contributed by atoms with Gasteiger partial charge in [0.2, 0.25) is 0 Å². The van der Waals surface area contributed by atoms with E-state index >= 15 is 0 Å². The molecule has 0 aliphatic heterocycles. The summed E-state index contributed by atoms with van der Waals surface area (Å²) in [6.07, 6.45) is 0.267. The normalized spacial score (nSPS) is 11.7. The Bertz CT molecular complexity index is 428. The molecule has 0 radical (unpaired) electrons. The molecule has 0 spiro atoms. The number of carbonyl (C=O) groups excluding carboxylic acids is 2. The van der Waals surface area contributed by atoms with Crippen molar-refractivity contribution in [1.82, 2.24) is 0 Å². The monoisotopic (exact) mass is 265 g/mol. The second-order valence-electron chi connectivity index (χ2n) is 4.08. The van der Waals surface area contributed by atoms with E-state index in [1.165, 1.54) is 7.11 Å². The first kappa shape index (κ1) is 15.2. The van der Waals surface area contributed by atoms with Gasteiger partial charge in [0.15, 0.2) is 0 Å². The van der Waals surface area contributed by atoms with E-state index in [1.807, 2.05) is 6.92 Å². The fourth-order valence-electron chi connectivity index (χ4n) is 1.32. The van der Waals surface area contributed by atoms with E-state index in [0.29, 0.717) is 17.9 Å². The van der Waals surface area contributed by atoms with Gasteiger partial charge in [-0.3, -0.25) is 4.79 Å². The molecule has 1 rings (SSSR count). The van der Waals surface area contributed by atoms with Crippen LogP contribution in [0.15, 0.2) is 24.3 Å². The maximum absolute atomic E-state index is 11.6. The molecule has 0 heterocycles. The molecule has 5 heteroatoms. The Morgan fingerprint density at radius 3 is 2.42 bits per heavy atom. The van der Waals surface area contributed by atoms with Gasteiger partial charge in [0, 0.05) is 12.8 Å². The van der Waals surface area contributed by atoms with Gasteiger partial charge in [-0.25, -0.2) is 4.79 Å². The zero-order valence-corrected chi connectivity index (χ0v) is 11.4. The lowest BCUT2D eigenvalue weighted by Gasteiger charge is -2.10. The van der Waals surface area contributed by atoms with Crippen LogP contribution in [0.1, 0.15) is 30.6 Å². The van der Waals surface area contributed by atoms with Crippen molar-refractivity contribution in [3.05, 3.63) is 29.8 Å². The lowest BCUT2D eigenvalue weighted by Crippen LogP contribution is -2.26. The van der Waals surface area contributed by atoms with Crippen LogP contribution in [-0.2, 0) is 14.3 Å². The maximum atomic E-state index is 11.6. The average Bonchev–Trinajstić information content (AvgIpc) is 2.44. The molecule has 1 N–H and O–H groups in total. The molecule has 0 bridgehead atoms. The van der Waals surface area contributed by atoms with Gasteiger partial charge in [-0.1, -0.05) is 6.92 Å². The highest BCUT2D eigenvalue weighted by Gasteiger charge is 2.12. The summed E-state index contributed by atoms with van der Waals surface area (Å²) >= 11 is 0. The minimum absolute atomic E-state index is 0.233. The van der Waals surface area contributed by atoms with Crippen LogP contribution in [0.3, 0.4) is 0 Å². The molecule has 0 saturated heterocycles. The molecular weight excluding hydrogens is 246 g/mol. The quantitative estimate of drug-likeness (QED) is 0.801. The van der Waals surface area contributed by atoms with E-state index < -0.39 is 6.10 Å². The molecule has 0 saturated carbocycles. The van der Waals surface area contributed by atoms with Crippen LogP contribution >= 0.6 is 0 Å². The molecular formula is C14H19NO4. The van der Waals surface area contributed by atoms with Gasteiger partial charge in [0.1, 0.15) is 6.10 Å². The van der Waals surface area contributed by atoms with Gasteiger partial charge in [-0.05, 0) is 37.6 Å². The molecule has 0 aliphatic carbocycles. The van der Waals surface area contributed by atoms with Gasteiger partial charge >= 0.3 is 5.97 Å². The molecule has 0 aliphatic rings. The van der Waals surface area contributed by atoms with Crippen molar-refractivity contribution < 1.29 is 19.1 Å². The number of methoxy groups -OCH3 is 1. The van der Waals surface area contributed by atoms with Crippen LogP contribution in [-0.4, -0.2) is 31.7 Å². The fraction of sp³-hybridized carbons (Fsp3) is 0.429. The fourth-order valence-corrected chi connectivity index (χ4v) is 1.32. The van der Waals surface area contributed by atoms with E-state index in [4.69, 9.17) is 9.47 Å². The highest BCUT2D eigenvalue weighted by atomic mass is 16.5. The highest BCUT2D eigenvalue weighted by Crippen LogP contribution is 2.11. The molecule has 1 amide bonds. The van der Waals surface area contributed by atoms with Gasteiger partial charge in [0.25, 0.3) is 5.91 Å². The number of hydrogen-bond donors (Lipinski definition) is 1. The molecule has 0 fully saturated rings. The third kappa shape index (κ3) is 4.71. The van der Waals surface area contributed by atoms with E-state index in [0.717, 1.165) is 6.42 Å². The minimum atomic E-state index is -0.519. The summed E-state index contributed by atoms with van der Waals surface area (Å²) in [6.45, 7) is 4.00. The van der Waals surface area contributed by atoms with E-state index in [2.05, 4.69) is 5.32 Å². The van der Waals surface area contributed by atoms with Gasteiger partial charge in [-0.2, -0.15) is 0 Å². The Hall–Kier alpha value is -1.88. The van der Waals surface area contributed by atoms with Crippen LogP contribution in [0.25, 0.3) is 0 Å². The number of benzene rings is 1. The van der Waals surface area contributed by atoms with Crippen molar-refractivity contribution in [3.8, 4) is 0 Å². The van der Waals surface area contributed by atoms with Crippen molar-refractivity contribution in [2.75, 3.05) is 19.0 Å². The van der Waals surface area contributed by atoms with Gasteiger partial charge in [-0.15, -0.1) is 0 Å². The number of anilines is 1. The number of carbonyl (C=O) groups is 2. The highest BCUT2D eigenvalue weighted by molar-refractivity contribution is 5.95. The van der Waals surface area contributed by atoms with Crippen molar-refractivity contribution in [1.29, 1.82) is 0 Å². The number of nitrogens with one attached hydrogen (secondary N) is 1. The Labute approximate surface area is 112 Å². The second-order valence-corrected chi connectivity index (χ2v) is 4.08. The number of esters is 1. The Balaban J connectivity index is 2.61. The number of rotatable bonds is 6. The summed E-state index contributed by atoms with van der Waals surface area (Å²) in [7, 11) is 1.47. The second kappa shape index (κ2) is 7.53. The molecule has 1 aromatic carbocycles. The first-order valence-electron chi connectivity index (χ1n) is 6.19. The van der Waals surface area contributed by atoms with Crippen LogP contribution < -0.4 is 5.32 Å².